The predicted molar refractivity (Wildman–Crippen MR) is 200 cm³/mol. The molecule has 0 saturated carbocycles. The summed E-state index contributed by atoms with van der Waals surface area (Å²) in [4.78, 5) is 4.72. The van der Waals surface area contributed by atoms with Gasteiger partial charge in [-0.3, -0.25) is 0 Å². The molecule has 0 atom stereocenters. The van der Waals surface area contributed by atoms with E-state index in [-0.39, 0.29) is 0 Å². The molecular weight excluding hydrogens is 556 g/mol. The Morgan fingerprint density at radius 1 is 0.348 bits per heavy atom. The van der Waals surface area contributed by atoms with Crippen LogP contribution in [0.4, 0.5) is 34.1 Å². The summed E-state index contributed by atoms with van der Waals surface area (Å²) in [6, 6.07) is 48.4. The second-order valence-electron chi connectivity index (χ2n) is 12.5. The Hall–Kier alpha value is -5.34. The molecule has 46 heavy (non-hydrogen) atoms. The predicted octanol–water partition coefficient (Wildman–Crippen LogP) is 12.6. The van der Waals surface area contributed by atoms with E-state index in [4.69, 9.17) is 0 Å². The number of rotatable bonds is 8. The molecule has 0 saturated heterocycles. The molecule has 0 spiro atoms. The Labute approximate surface area is 274 Å². The fourth-order valence-corrected chi connectivity index (χ4v) is 6.18. The number of hydrogen-bond acceptors (Lipinski definition) is 2. The van der Waals surface area contributed by atoms with Crippen molar-refractivity contribution in [2.45, 2.75) is 41.5 Å². The molecule has 0 aromatic heterocycles. The summed E-state index contributed by atoms with van der Waals surface area (Å²) < 4.78 is 0. The van der Waals surface area contributed by atoms with E-state index in [0.717, 1.165) is 22.7 Å². The first-order valence-corrected chi connectivity index (χ1v) is 16.0. The van der Waals surface area contributed by atoms with Crippen LogP contribution >= 0.6 is 0 Å². The van der Waals surface area contributed by atoms with Crippen LogP contribution in [0, 0.1) is 41.5 Å². The van der Waals surface area contributed by atoms with Crippen LogP contribution in [-0.4, -0.2) is 0 Å². The first kappa shape index (κ1) is 30.7. The fraction of sp³-hybridized carbons (Fsp3) is 0.136. The largest absolute Gasteiger partial charge is 0.310 e. The molecular formula is C44H42N2. The van der Waals surface area contributed by atoms with Gasteiger partial charge in [-0.15, -0.1) is 0 Å². The van der Waals surface area contributed by atoms with Crippen LogP contribution in [0.25, 0.3) is 12.2 Å². The minimum Gasteiger partial charge on any atom is -0.310 e. The molecule has 2 nitrogen and oxygen atoms in total. The van der Waals surface area contributed by atoms with Gasteiger partial charge in [-0.05, 0) is 159 Å². The van der Waals surface area contributed by atoms with Gasteiger partial charge in [0.2, 0.25) is 0 Å². The molecule has 0 unspecified atom stereocenters. The van der Waals surface area contributed by atoms with Crippen LogP contribution in [0.15, 0.2) is 133 Å². The van der Waals surface area contributed by atoms with E-state index in [2.05, 4.69) is 197 Å². The second-order valence-corrected chi connectivity index (χ2v) is 12.5. The summed E-state index contributed by atoms with van der Waals surface area (Å²) in [5.74, 6) is 0. The lowest BCUT2D eigenvalue weighted by Gasteiger charge is -2.28. The van der Waals surface area contributed by atoms with Crippen molar-refractivity contribution in [1.82, 2.24) is 0 Å². The van der Waals surface area contributed by atoms with Gasteiger partial charge in [0.1, 0.15) is 0 Å². The maximum atomic E-state index is 2.36. The topological polar surface area (TPSA) is 6.48 Å². The van der Waals surface area contributed by atoms with Crippen LogP contribution < -0.4 is 9.80 Å². The highest BCUT2D eigenvalue weighted by molar-refractivity contribution is 5.82. The third-order valence-electron chi connectivity index (χ3n) is 8.43. The molecule has 0 aliphatic rings. The van der Waals surface area contributed by atoms with Gasteiger partial charge in [-0.2, -0.15) is 0 Å². The first-order valence-electron chi connectivity index (χ1n) is 16.0. The smallest absolute Gasteiger partial charge is 0.0491 e. The van der Waals surface area contributed by atoms with Crippen LogP contribution in [0.3, 0.4) is 0 Å². The molecule has 6 rings (SSSR count). The van der Waals surface area contributed by atoms with Gasteiger partial charge in [0.25, 0.3) is 0 Å². The van der Waals surface area contributed by atoms with Crippen LogP contribution in [0.1, 0.15) is 44.5 Å². The molecule has 0 aliphatic heterocycles. The number of anilines is 6. The summed E-state index contributed by atoms with van der Waals surface area (Å²) in [5, 5.41) is 0. The Balaban J connectivity index is 1.31. The summed E-state index contributed by atoms with van der Waals surface area (Å²) in [6.07, 6.45) is 4.43. The first-order chi connectivity index (χ1) is 22.2. The van der Waals surface area contributed by atoms with Gasteiger partial charge in [0, 0.05) is 34.1 Å². The van der Waals surface area contributed by atoms with Gasteiger partial charge in [0.05, 0.1) is 0 Å². The second kappa shape index (κ2) is 13.3. The lowest BCUT2D eigenvalue weighted by molar-refractivity contribution is 1.23. The van der Waals surface area contributed by atoms with E-state index < -0.39 is 0 Å². The monoisotopic (exact) mass is 598 g/mol. The number of nitrogens with zero attached hydrogens (tertiary/aromatic N) is 2. The minimum atomic E-state index is 1.16. The SMILES string of the molecule is Cc1cccc(N(c2cccc(C)c2)c2ccc(C=Cc3ccc(N(c4cccc(C)c4)c4cccc(C)c4)c(C)c3)cc2C)c1. The highest BCUT2D eigenvalue weighted by Crippen LogP contribution is 2.39. The van der Waals surface area contributed by atoms with Gasteiger partial charge >= 0.3 is 0 Å². The Morgan fingerprint density at radius 2 is 0.652 bits per heavy atom. The van der Waals surface area contributed by atoms with E-state index in [0.29, 0.717) is 0 Å². The molecule has 0 radical (unpaired) electrons. The van der Waals surface area contributed by atoms with Crippen molar-refractivity contribution in [3.8, 4) is 0 Å². The van der Waals surface area contributed by atoms with E-state index in [1.807, 2.05) is 0 Å². The molecule has 0 aliphatic carbocycles. The summed E-state index contributed by atoms with van der Waals surface area (Å²) >= 11 is 0. The molecule has 0 amide bonds. The van der Waals surface area contributed by atoms with Gasteiger partial charge in [-0.25, -0.2) is 0 Å². The number of benzene rings is 6. The van der Waals surface area contributed by atoms with Crippen molar-refractivity contribution in [3.05, 3.63) is 178 Å². The molecule has 0 N–H and O–H groups in total. The zero-order valence-electron chi connectivity index (χ0n) is 27.8. The summed E-state index contributed by atoms with van der Waals surface area (Å²) in [6.45, 7) is 13.0. The maximum absolute atomic E-state index is 2.36. The fourth-order valence-electron chi connectivity index (χ4n) is 6.18. The van der Waals surface area contributed by atoms with Crippen LogP contribution in [0.5, 0.6) is 0 Å². The zero-order chi connectivity index (χ0) is 32.2. The molecule has 6 aromatic rings. The highest BCUT2D eigenvalue weighted by atomic mass is 15.1. The Kier molecular flexibility index (Phi) is 8.90. The molecule has 6 aromatic carbocycles. The number of hydrogen-bond donors (Lipinski definition) is 0. The van der Waals surface area contributed by atoms with E-state index in [1.165, 1.54) is 55.9 Å². The molecule has 0 fully saturated rings. The average molecular weight is 599 g/mol. The van der Waals surface area contributed by atoms with Crippen molar-refractivity contribution in [3.63, 3.8) is 0 Å². The Bertz CT molecular complexity index is 1800. The van der Waals surface area contributed by atoms with Gasteiger partial charge < -0.3 is 9.80 Å². The maximum Gasteiger partial charge on any atom is 0.0491 e. The normalized spacial score (nSPS) is 11.2. The van der Waals surface area contributed by atoms with Crippen LogP contribution in [0.2, 0.25) is 0 Å². The van der Waals surface area contributed by atoms with Gasteiger partial charge in [-0.1, -0.05) is 72.8 Å². The molecule has 0 heterocycles. The minimum absolute atomic E-state index is 1.16. The quantitative estimate of drug-likeness (QED) is 0.161. The van der Waals surface area contributed by atoms with Gasteiger partial charge in [0.15, 0.2) is 0 Å². The third kappa shape index (κ3) is 6.82. The third-order valence-corrected chi connectivity index (χ3v) is 8.43. The molecule has 0 bridgehead atoms. The highest BCUT2D eigenvalue weighted by Gasteiger charge is 2.17. The zero-order valence-corrected chi connectivity index (χ0v) is 27.8. The molecule has 228 valence electrons. The lowest BCUT2D eigenvalue weighted by Crippen LogP contribution is -2.11. The number of aryl methyl sites for hydroxylation is 6. The van der Waals surface area contributed by atoms with Crippen molar-refractivity contribution in [2.75, 3.05) is 9.80 Å². The van der Waals surface area contributed by atoms with Crippen molar-refractivity contribution >= 4 is 46.3 Å². The van der Waals surface area contributed by atoms with E-state index in [1.54, 1.807) is 0 Å². The molecule has 2 heteroatoms. The van der Waals surface area contributed by atoms with Crippen LogP contribution in [-0.2, 0) is 0 Å². The average Bonchev–Trinajstić information content (AvgIpc) is 3.02. The lowest BCUT2D eigenvalue weighted by atomic mass is 10.0. The van der Waals surface area contributed by atoms with Crippen molar-refractivity contribution in [1.29, 1.82) is 0 Å². The van der Waals surface area contributed by atoms with E-state index in [9.17, 15) is 0 Å². The standard InChI is InChI=1S/C44H42N2/c1-31-11-7-15-39(25-31)45(40-16-8-12-32(2)26-40)43-23-21-37(29-35(43)5)19-20-38-22-24-44(36(6)30-38)46(41-17-9-13-33(3)27-41)42-18-10-14-34(4)28-42/h7-30H,1-6H3. The van der Waals surface area contributed by atoms with E-state index >= 15 is 0 Å². The summed E-state index contributed by atoms with van der Waals surface area (Å²) in [5.41, 5.74) is 16.8. The summed E-state index contributed by atoms with van der Waals surface area (Å²) in [7, 11) is 0. The van der Waals surface area contributed by atoms with Crippen molar-refractivity contribution < 1.29 is 0 Å². The van der Waals surface area contributed by atoms with Crippen molar-refractivity contribution in [2.24, 2.45) is 0 Å². The Morgan fingerprint density at radius 3 is 0.913 bits per heavy atom.